The number of benzene rings is 2. The Bertz CT molecular complexity index is 975. The first-order chi connectivity index (χ1) is 12.3. The van der Waals surface area contributed by atoms with Gasteiger partial charge in [-0.05, 0) is 36.4 Å². The van der Waals surface area contributed by atoms with Crippen LogP contribution in [0.1, 0.15) is 5.56 Å². The van der Waals surface area contributed by atoms with Crippen LogP contribution in [0.15, 0.2) is 46.4 Å². The van der Waals surface area contributed by atoms with Crippen molar-refractivity contribution in [3.8, 4) is 5.75 Å². The average molecular weight is 439 g/mol. The molecule has 0 unspecified atom stereocenters. The number of aromatic hydroxyl groups is 1. The predicted molar refractivity (Wildman–Crippen MR) is 97.5 cm³/mol. The summed E-state index contributed by atoms with van der Waals surface area (Å²) in [7, 11) is 0. The van der Waals surface area contributed by atoms with Crippen molar-refractivity contribution in [2.45, 2.75) is 0 Å². The van der Waals surface area contributed by atoms with Gasteiger partial charge in [-0.15, -0.1) is 0 Å². The number of anilines is 1. The maximum atomic E-state index is 12.5. The van der Waals surface area contributed by atoms with Gasteiger partial charge in [-0.2, -0.15) is 0 Å². The molecule has 1 aliphatic heterocycles. The maximum Gasteiger partial charge on any atom is 0.312 e. The molecule has 0 aliphatic carbocycles. The highest BCUT2D eigenvalue weighted by Crippen LogP contribution is 2.35. The van der Waals surface area contributed by atoms with Gasteiger partial charge in [0.15, 0.2) is 0 Å². The first kappa shape index (κ1) is 17.9. The van der Waals surface area contributed by atoms with Crippen LogP contribution in [0, 0.1) is 10.1 Å². The second-order valence-corrected chi connectivity index (χ2v) is 6.59. The lowest BCUT2D eigenvalue weighted by Gasteiger charge is -2.14. The third-order valence-electron chi connectivity index (χ3n) is 3.56. The molecule has 1 fully saturated rings. The molecule has 0 spiro atoms. The Balaban J connectivity index is 2.02. The predicted octanol–water partition coefficient (Wildman–Crippen LogP) is 3.18. The van der Waals surface area contributed by atoms with Crippen LogP contribution in [0.25, 0.3) is 6.08 Å². The third kappa shape index (κ3) is 3.26. The number of phenols is 1. The molecule has 0 saturated carbocycles. The van der Waals surface area contributed by atoms with Gasteiger partial charge in [-0.3, -0.25) is 25.1 Å². The minimum atomic E-state index is -0.765. The van der Waals surface area contributed by atoms with E-state index in [0.29, 0.717) is 15.2 Å². The van der Waals surface area contributed by atoms with Crippen molar-refractivity contribution in [2.24, 2.45) is 0 Å². The van der Waals surface area contributed by atoms with E-state index in [1.54, 1.807) is 24.3 Å². The van der Waals surface area contributed by atoms with E-state index in [9.17, 15) is 24.8 Å². The van der Waals surface area contributed by atoms with Crippen LogP contribution in [0.5, 0.6) is 5.75 Å². The molecule has 2 amide bonds. The first-order valence-electron chi connectivity index (χ1n) is 7.07. The summed E-state index contributed by atoms with van der Waals surface area (Å²) in [5.74, 6) is -2.01. The summed E-state index contributed by atoms with van der Waals surface area (Å²) >= 11 is 8.90. The van der Waals surface area contributed by atoms with Gasteiger partial charge in [0, 0.05) is 21.1 Å². The molecule has 0 bridgehead atoms. The summed E-state index contributed by atoms with van der Waals surface area (Å²) in [4.78, 5) is 34.9. The molecule has 0 atom stereocenters. The number of hydrogen-bond donors (Lipinski definition) is 2. The Morgan fingerprint density at radius 1 is 1.23 bits per heavy atom. The molecular formula is C16H9BrClN3O5. The number of carbonyl (C=O) groups excluding carboxylic acids is 2. The molecule has 3 rings (SSSR count). The van der Waals surface area contributed by atoms with Crippen molar-refractivity contribution >= 4 is 56.8 Å². The molecule has 26 heavy (non-hydrogen) atoms. The Hall–Kier alpha value is -2.91. The van der Waals surface area contributed by atoms with Crippen LogP contribution in [-0.4, -0.2) is 21.8 Å². The fraction of sp³-hybridized carbons (Fsp3) is 0. The number of hydrazine groups is 1. The number of amides is 2. The van der Waals surface area contributed by atoms with E-state index in [0.717, 1.165) is 17.2 Å². The number of nitro groups is 1. The van der Waals surface area contributed by atoms with Crippen LogP contribution in [0.2, 0.25) is 5.02 Å². The van der Waals surface area contributed by atoms with Crippen molar-refractivity contribution in [2.75, 3.05) is 5.01 Å². The number of nitrogens with zero attached hydrogens (tertiary/aromatic N) is 2. The minimum Gasteiger partial charge on any atom is -0.502 e. The Labute approximate surface area is 159 Å². The summed E-state index contributed by atoms with van der Waals surface area (Å²) in [6.45, 7) is 0. The smallest absolute Gasteiger partial charge is 0.312 e. The van der Waals surface area contributed by atoms with Crippen LogP contribution in [0.3, 0.4) is 0 Å². The maximum absolute atomic E-state index is 12.5. The SMILES string of the molecule is O=C1NN(c2ccc(Cl)cc2)C(=O)C1=Cc1cc(Br)cc([N+](=O)[O-])c1O. The molecule has 2 aromatic carbocycles. The Morgan fingerprint density at radius 2 is 1.88 bits per heavy atom. The number of halogens is 2. The van der Waals surface area contributed by atoms with Crippen molar-refractivity contribution in [3.63, 3.8) is 0 Å². The van der Waals surface area contributed by atoms with Gasteiger partial charge < -0.3 is 5.11 Å². The summed E-state index contributed by atoms with van der Waals surface area (Å²) in [5, 5.41) is 22.5. The number of phenolic OH excluding ortho intramolecular Hbond substituents is 1. The van der Waals surface area contributed by atoms with Gasteiger partial charge in [0.2, 0.25) is 5.75 Å². The lowest BCUT2D eigenvalue weighted by Crippen LogP contribution is -2.35. The van der Waals surface area contributed by atoms with Crippen molar-refractivity contribution < 1.29 is 19.6 Å². The van der Waals surface area contributed by atoms with E-state index >= 15 is 0 Å². The zero-order chi connectivity index (χ0) is 19.0. The quantitative estimate of drug-likeness (QED) is 0.331. The molecule has 2 N–H and O–H groups in total. The fourth-order valence-corrected chi connectivity index (χ4v) is 2.93. The zero-order valence-corrected chi connectivity index (χ0v) is 15.1. The number of nitrogens with one attached hydrogen (secondary N) is 1. The Morgan fingerprint density at radius 3 is 2.50 bits per heavy atom. The van der Waals surface area contributed by atoms with Gasteiger partial charge in [0.05, 0.1) is 10.6 Å². The largest absolute Gasteiger partial charge is 0.502 e. The highest BCUT2D eigenvalue weighted by molar-refractivity contribution is 9.10. The molecule has 1 aliphatic rings. The molecular weight excluding hydrogens is 430 g/mol. The number of rotatable bonds is 3. The second-order valence-electron chi connectivity index (χ2n) is 5.24. The standard InChI is InChI=1S/C16H9BrClN3O5/c17-9-5-8(14(22)13(7-9)21(25)26)6-12-15(23)19-20(16(12)24)11-3-1-10(18)2-4-11/h1-7,22H,(H,19,23). The van der Waals surface area contributed by atoms with Crippen LogP contribution < -0.4 is 10.4 Å². The number of nitro benzene ring substituents is 1. The third-order valence-corrected chi connectivity index (χ3v) is 4.27. The van der Waals surface area contributed by atoms with Gasteiger partial charge in [0.1, 0.15) is 5.57 Å². The Kier molecular flexibility index (Phi) is 4.66. The molecule has 0 radical (unpaired) electrons. The lowest BCUT2D eigenvalue weighted by molar-refractivity contribution is -0.385. The van der Waals surface area contributed by atoms with Crippen LogP contribution >= 0.6 is 27.5 Å². The van der Waals surface area contributed by atoms with E-state index < -0.39 is 28.2 Å². The van der Waals surface area contributed by atoms with E-state index in [1.807, 2.05) is 0 Å². The number of hydrogen-bond acceptors (Lipinski definition) is 5. The molecule has 2 aromatic rings. The molecule has 10 heteroatoms. The molecule has 132 valence electrons. The lowest BCUT2D eigenvalue weighted by atomic mass is 10.1. The van der Waals surface area contributed by atoms with Crippen LogP contribution in [-0.2, 0) is 9.59 Å². The first-order valence-corrected chi connectivity index (χ1v) is 8.24. The van der Waals surface area contributed by atoms with Crippen molar-refractivity contribution in [1.29, 1.82) is 0 Å². The van der Waals surface area contributed by atoms with Crippen molar-refractivity contribution in [1.82, 2.24) is 5.43 Å². The van der Waals surface area contributed by atoms with Gasteiger partial charge >= 0.3 is 5.69 Å². The summed E-state index contributed by atoms with van der Waals surface area (Å²) in [6, 6.07) is 8.69. The molecule has 8 nitrogen and oxygen atoms in total. The second kappa shape index (κ2) is 6.77. The molecule has 1 saturated heterocycles. The van der Waals surface area contributed by atoms with Gasteiger partial charge in [0.25, 0.3) is 11.8 Å². The highest BCUT2D eigenvalue weighted by atomic mass is 79.9. The van der Waals surface area contributed by atoms with E-state index in [-0.39, 0.29) is 11.1 Å². The normalized spacial score (nSPS) is 15.5. The summed E-state index contributed by atoms with van der Waals surface area (Å²) < 4.78 is 0.314. The van der Waals surface area contributed by atoms with E-state index in [4.69, 9.17) is 11.6 Å². The number of carbonyl (C=O) groups is 2. The molecule has 1 heterocycles. The van der Waals surface area contributed by atoms with E-state index in [1.165, 1.54) is 6.07 Å². The molecule has 0 aromatic heterocycles. The summed E-state index contributed by atoms with van der Waals surface area (Å²) in [6.07, 6.45) is 1.10. The minimum absolute atomic E-state index is 0.0393. The monoisotopic (exact) mass is 437 g/mol. The van der Waals surface area contributed by atoms with Gasteiger partial charge in [-0.1, -0.05) is 27.5 Å². The fourth-order valence-electron chi connectivity index (χ4n) is 2.34. The average Bonchev–Trinajstić information content (AvgIpc) is 2.86. The van der Waals surface area contributed by atoms with Gasteiger partial charge in [-0.25, -0.2) is 5.01 Å². The topological polar surface area (TPSA) is 113 Å². The van der Waals surface area contributed by atoms with Crippen molar-refractivity contribution in [3.05, 3.63) is 67.1 Å². The zero-order valence-electron chi connectivity index (χ0n) is 12.8. The highest BCUT2D eigenvalue weighted by Gasteiger charge is 2.35. The van der Waals surface area contributed by atoms with E-state index in [2.05, 4.69) is 21.4 Å². The van der Waals surface area contributed by atoms with Crippen LogP contribution in [0.4, 0.5) is 11.4 Å². The summed E-state index contributed by atoms with van der Waals surface area (Å²) in [5.41, 5.74) is 1.91.